The summed E-state index contributed by atoms with van der Waals surface area (Å²) >= 11 is 0. The SMILES string of the molecule is O=C(NCC(O)c1ccco1)c1ccc(S(=O)(=O)NCc2ccco2)cc1. The number of carbonyl (C=O) groups excluding carboxylic acids is 1. The predicted molar refractivity (Wildman–Crippen MR) is 95.2 cm³/mol. The van der Waals surface area contributed by atoms with Gasteiger partial charge < -0.3 is 19.3 Å². The molecule has 3 rings (SSSR count). The van der Waals surface area contributed by atoms with Crippen molar-refractivity contribution in [3.05, 3.63) is 78.1 Å². The molecular weight excluding hydrogens is 372 g/mol. The molecule has 0 fully saturated rings. The molecule has 3 aromatic rings. The zero-order chi connectivity index (χ0) is 19.3. The van der Waals surface area contributed by atoms with Crippen LogP contribution >= 0.6 is 0 Å². The van der Waals surface area contributed by atoms with E-state index in [1.807, 2.05) is 0 Å². The van der Waals surface area contributed by atoms with Crippen LogP contribution in [-0.2, 0) is 16.6 Å². The highest BCUT2D eigenvalue weighted by atomic mass is 32.2. The molecule has 0 bridgehead atoms. The van der Waals surface area contributed by atoms with Crippen molar-refractivity contribution in [2.75, 3.05) is 6.54 Å². The molecule has 0 aliphatic heterocycles. The Morgan fingerprint density at radius 3 is 2.37 bits per heavy atom. The van der Waals surface area contributed by atoms with Gasteiger partial charge in [-0.1, -0.05) is 0 Å². The van der Waals surface area contributed by atoms with Crippen LogP contribution in [-0.4, -0.2) is 26.0 Å². The smallest absolute Gasteiger partial charge is 0.251 e. The zero-order valence-corrected chi connectivity index (χ0v) is 15.0. The summed E-state index contributed by atoms with van der Waals surface area (Å²) in [6.45, 7) is -0.000657. The number of hydrogen-bond donors (Lipinski definition) is 3. The highest BCUT2D eigenvalue weighted by molar-refractivity contribution is 7.89. The fourth-order valence-corrected chi connectivity index (χ4v) is 3.31. The molecule has 2 aromatic heterocycles. The van der Waals surface area contributed by atoms with Crippen molar-refractivity contribution in [1.82, 2.24) is 10.0 Å². The van der Waals surface area contributed by atoms with Gasteiger partial charge in [0.05, 0.1) is 30.5 Å². The van der Waals surface area contributed by atoms with Crippen LogP contribution in [0, 0.1) is 0 Å². The Kier molecular flexibility index (Phi) is 5.75. The number of benzene rings is 1. The first-order valence-electron chi connectivity index (χ1n) is 8.07. The average molecular weight is 390 g/mol. The van der Waals surface area contributed by atoms with Crippen LogP contribution in [0.5, 0.6) is 0 Å². The predicted octanol–water partition coefficient (Wildman–Crippen LogP) is 1.81. The van der Waals surface area contributed by atoms with Crippen LogP contribution in [0.3, 0.4) is 0 Å². The molecule has 8 nitrogen and oxygen atoms in total. The van der Waals surface area contributed by atoms with E-state index in [1.165, 1.54) is 36.8 Å². The maximum absolute atomic E-state index is 12.3. The van der Waals surface area contributed by atoms with Gasteiger partial charge in [-0.05, 0) is 48.5 Å². The third-order valence-corrected chi connectivity index (χ3v) is 5.19. The normalized spacial score (nSPS) is 12.6. The summed E-state index contributed by atoms with van der Waals surface area (Å²) in [5.41, 5.74) is 0.270. The summed E-state index contributed by atoms with van der Waals surface area (Å²) in [5, 5.41) is 12.5. The van der Waals surface area contributed by atoms with Gasteiger partial charge in [0.1, 0.15) is 17.6 Å². The van der Waals surface area contributed by atoms with Crippen LogP contribution in [0.25, 0.3) is 0 Å². The molecule has 0 aliphatic rings. The quantitative estimate of drug-likeness (QED) is 0.539. The molecule has 3 N–H and O–H groups in total. The van der Waals surface area contributed by atoms with E-state index in [1.54, 1.807) is 24.3 Å². The van der Waals surface area contributed by atoms with Crippen molar-refractivity contribution in [1.29, 1.82) is 0 Å². The van der Waals surface area contributed by atoms with Crippen molar-refractivity contribution in [2.24, 2.45) is 0 Å². The Morgan fingerprint density at radius 1 is 1.04 bits per heavy atom. The minimum Gasteiger partial charge on any atom is -0.468 e. The molecule has 0 aliphatic carbocycles. The molecule has 9 heteroatoms. The van der Waals surface area contributed by atoms with Gasteiger partial charge in [-0.25, -0.2) is 13.1 Å². The van der Waals surface area contributed by atoms with E-state index in [-0.39, 0.29) is 23.5 Å². The number of sulfonamides is 1. The Bertz CT molecular complexity index is 964. The molecular formula is C18H18N2O6S. The summed E-state index contributed by atoms with van der Waals surface area (Å²) in [6.07, 6.45) is 1.92. The molecule has 1 unspecified atom stereocenters. The Morgan fingerprint density at radius 2 is 1.74 bits per heavy atom. The van der Waals surface area contributed by atoms with E-state index >= 15 is 0 Å². The number of amides is 1. The van der Waals surface area contributed by atoms with Crippen LogP contribution in [0.4, 0.5) is 0 Å². The first kappa shape index (κ1) is 18.9. The fraction of sp³-hybridized carbons (Fsp3) is 0.167. The highest BCUT2D eigenvalue weighted by Gasteiger charge is 2.16. The molecule has 27 heavy (non-hydrogen) atoms. The maximum atomic E-state index is 12.3. The molecule has 0 spiro atoms. The highest BCUT2D eigenvalue weighted by Crippen LogP contribution is 2.14. The number of carbonyl (C=O) groups is 1. The lowest BCUT2D eigenvalue weighted by atomic mass is 10.2. The molecule has 1 atom stereocenters. The van der Waals surface area contributed by atoms with Crippen molar-refractivity contribution < 1.29 is 27.2 Å². The second-order valence-electron chi connectivity index (χ2n) is 5.67. The number of rotatable bonds is 8. The van der Waals surface area contributed by atoms with Crippen molar-refractivity contribution in [2.45, 2.75) is 17.5 Å². The molecule has 1 aromatic carbocycles. The number of aliphatic hydroxyl groups is 1. The number of hydrogen-bond acceptors (Lipinski definition) is 6. The van der Waals surface area contributed by atoms with Gasteiger partial charge in [-0.15, -0.1) is 0 Å². The van der Waals surface area contributed by atoms with Gasteiger partial charge in [-0.2, -0.15) is 0 Å². The van der Waals surface area contributed by atoms with E-state index in [4.69, 9.17) is 8.83 Å². The van der Waals surface area contributed by atoms with E-state index < -0.39 is 22.0 Å². The number of furan rings is 2. The number of nitrogens with one attached hydrogen (secondary N) is 2. The summed E-state index contributed by atoms with van der Waals surface area (Å²) in [4.78, 5) is 12.2. The summed E-state index contributed by atoms with van der Waals surface area (Å²) in [5.74, 6) is 0.400. The second kappa shape index (κ2) is 8.21. The third-order valence-electron chi connectivity index (χ3n) is 3.77. The van der Waals surface area contributed by atoms with Crippen molar-refractivity contribution in [3.8, 4) is 0 Å². The fourth-order valence-electron chi connectivity index (χ4n) is 2.32. The minimum atomic E-state index is -3.73. The van der Waals surface area contributed by atoms with Crippen molar-refractivity contribution in [3.63, 3.8) is 0 Å². The number of aliphatic hydroxyl groups excluding tert-OH is 1. The van der Waals surface area contributed by atoms with Gasteiger partial charge in [0.15, 0.2) is 0 Å². The van der Waals surface area contributed by atoms with E-state index in [0.717, 1.165) is 0 Å². The largest absolute Gasteiger partial charge is 0.468 e. The molecule has 142 valence electrons. The van der Waals surface area contributed by atoms with Gasteiger partial charge in [0.2, 0.25) is 10.0 Å². The molecule has 2 heterocycles. The van der Waals surface area contributed by atoms with E-state index in [2.05, 4.69) is 10.0 Å². The van der Waals surface area contributed by atoms with E-state index in [0.29, 0.717) is 11.5 Å². The van der Waals surface area contributed by atoms with Gasteiger partial charge in [0, 0.05) is 5.56 Å². The second-order valence-corrected chi connectivity index (χ2v) is 7.44. The molecule has 0 saturated carbocycles. The zero-order valence-electron chi connectivity index (χ0n) is 14.2. The molecule has 0 saturated heterocycles. The Balaban J connectivity index is 1.58. The molecule has 1 amide bonds. The standard InChI is InChI=1S/C18H18N2O6S/c21-16(17-4-2-10-26-17)12-19-18(22)13-5-7-15(8-6-13)27(23,24)20-11-14-3-1-9-25-14/h1-10,16,20-21H,11-12H2,(H,19,22). The van der Waals surface area contributed by atoms with Crippen LogP contribution in [0.2, 0.25) is 0 Å². The van der Waals surface area contributed by atoms with Crippen LogP contribution in [0.15, 0.2) is 74.8 Å². The summed E-state index contributed by atoms with van der Waals surface area (Å²) < 4.78 is 37.1. The minimum absolute atomic E-state index is 0.0289. The lowest BCUT2D eigenvalue weighted by molar-refractivity contribution is 0.0901. The molecule has 0 radical (unpaired) electrons. The summed E-state index contributed by atoms with van der Waals surface area (Å²) in [7, 11) is -3.73. The van der Waals surface area contributed by atoms with Gasteiger partial charge >= 0.3 is 0 Å². The van der Waals surface area contributed by atoms with Crippen LogP contribution in [0.1, 0.15) is 28.0 Å². The third kappa shape index (κ3) is 4.85. The Labute approximate surface area is 155 Å². The van der Waals surface area contributed by atoms with Gasteiger partial charge in [0.25, 0.3) is 5.91 Å². The first-order valence-corrected chi connectivity index (χ1v) is 9.56. The first-order chi connectivity index (χ1) is 13.0. The lowest BCUT2D eigenvalue weighted by Crippen LogP contribution is -2.28. The Hall–Kier alpha value is -2.88. The van der Waals surface area contributed by atoms with Crippen molar-refractivity contribution >= 4 is 15.9 Å². The lowest BCUT2D eigenvalue weighted by Gasteiger charge is -2.10. The average Bonchev–Trinajstić information content (AvgIpc) is 3.38. The summed E-state index contributed by atoms with van der Waals surface area (Å²) in [6, 6.07) is 12.0. The topological polar surface area (TPSA) is 122 Å². The van der Waals surface area contributed by atoms with Crippen LogP contribution < -0.4 is 10.0 Å². The monoisotopic (exact) mass is 390 g/mol. The van der Waals surface area contributed by atoms with E-state index in [9.17, 15) is 18.3 Å². The van der Waals surface area contributed by atoms with Gasteiger partial charge in [-0.3, -0.25) is 4.79 Å². The maximum Gasteiger partial charge on any atom is 0.251 e.